The van der Waals surface area contributed by atoms with E-state index < -0.39 is 5.76 Å². The van der Waals surface area contributed by atoms with E-state index in [1.165, 1.54) is 0 Å². The van der Waals surface area contributed by atoms with Crippen LogP contribution in [0.5, 0.6) is 5.75 Å². The number of hydrogen-bond acceptors (Lipinski definition) is 4. The van der Waals surface area contributed by atoms with Gasteiger partial charge >= 0.3 is 0 Å². The van der Waals surface area contributed by atoms with Crippen LogP contribution in [-0.4, -0.2) is 36.3 Å². The van der Waals surface area contributed by atoms with Gasteiger partial charge in [0.05, 0.1) is 13.2 Å². The Kier molecular flexibility index (Phi) is 6.68. The maximum Gasteiger partial charge on any atom is 0.288 e. The van der Waals surface area contributed by atoms with Gasteiger partial charge in [-0.3, -0.25) is 9.69 Å². The summed E-state index contributed by atoms with van der Waals surface area (Å²) in [5.74, 6) is -1.70. The number of nitrogens with one attached hydrogen (secondary N) is 1. The van der Waals surface area contributed by atoms with Gasteiger partial charge in [-0.05, 0) is 61.3 Å². The van der Waals surface area contributed by atoms with E-state index in [1.54, 1.807) is 31.4 Å². The molecule has 4 nitrogen and oxygen atoms in total. The van der Waals surface area contributed by atoms with Gasteiger partial charge in [0, 0.05) is 17.1 Å². The normalized spacial score (nSPS) is 17.3. The number of halogens is 2. The van der Waals surface area contributed by atoms with Crippen molar-refractivity contribution < 1.29 is 18.3 Å². The number of anilines is 1. The molecule has 0 aromatic heterocycles. The van der Waals surface area contributed by atoms with Crippen molar-refractivity contribution in [2.45, 2.75) is 36.1 Å². The molecule has 7 heteroatoms. The first-order chi connectivity index (χ1) is 13.0. The highest BCUT2D eigenvalue weighted by molar-refractivity contribution is 7.99. The third kappa shape index (κ3) is 5.43. The first-order valence-electron chi connectivity index (χ1n) is 8.78. The largest absolute Gasteiger partial charge is 0.497 e. The van der Waals surface area contributed by atoms with Gasteiger partial charge in [0.1, 0.15) is 5.75 Å². The fourth-order valence-corrected chi connectivity index (χ4v) is 3.72. The van der Waals surface area contributed by atoms with Crippen LogP contribution in [0.25, 0.3) is 0 Å². The summed E-state index contributed by atoms with van der Waals surface area (Å²) in [4.78, 5) is 15.4. The fraction of sp³-hybridized carbons (Fsp3) is 0.350. The Bertz CT molecular complexity index is 754. The zero-order valence-corrected chi connectivity index (χ0v) is 15.8. The van der Waals surface area contributed by atoms with E-state index in [-0.39, 0.29) is 11.9 Å². The minimum absolute atomic E-state index is 0.0254. The van der Waals surface area contributed by atoms with Crippen LogP contribution in [-0.2, 0) is 11.3 Å². The van der Waals surface area contributed by atoms with E-state index in [0.717, 1.165) is 36.4 Å². The second kappa shape index (κ2) is 9.19. The highest BCUT2D eigenvalue weighted by atomic mass is 32.2. The zero-order valence-electron chi connectivity index (χ0n) is 15.0. The predicted octanol–water partition coefficient (Wildman–Crippen LogP) is 4.61. The molecule has 2 aromatic rings. The first-order valence-corrected chi connectivity index (χ1v) is 9.66. The van der Waals surface area contributed by atoms with E-state index >= 15 is 0 Å². The van der Waals surface area contributed by atoms with Crippen molar-refractivity contribution >= 4 is 23.4 Å². The highest BCUT2D eigenvalue weighted by Gasteiger charge is 2.30. The van der Waals surface area contributed by atoms with Crippen LogP contribution in [0.15, 0.2) is 53.4 Å². The molecule has 1 fully saturated rings. The van der Waals surface area contributed by atoms with E-state index in [4.69, 9.17) is 4.74 Å². The van der Waals surface area contributed by atoms with Crippen LogP contribution in [0.1, 0.15) is 18.4 Å². The number of alkyl halides is 2. The summed E-state index contributed by atoms with van der Waals surface area (Å²) in [5.41, 5.74) is 1.75. The second-order valence-electron chi connectivity index (χ2n) is 6.37. The van der Waals surface area contributed by atoms with Crippen molar-refractivity contribution in [3.8, 4) is 5.75 Å². The van der Waals surface area contributed by atoms with E-state index in [1.807, 2.05) is 24.3 Å². The lowest BCUT2D eigenvalue weighted by Crippen LogP contribution is -2.39. The number of ether oxygens (including phenoxy) is 1. The summed E-state index contributed by atoms with van der Waals surface area (Å²) in [5, 5.41) is 2.96. The Morgan fingerprint density at radius 2 is 1.93 bits per heavy atom. The summed E-state index contributed by atoms with van der Waals surface area (Å²) >= 11 is 0.539. The quantitative estimate of drug-likeness (QED) is 0.699. The number of methoxy groups -OCH3 is 1. The Morgan fingerprint density at radius 3 is 2.56 bits per heavy atom. The molecule has 0 spiro atoms. The molecule has 0 bridgehead atoms. The lowest BCUT2D eigenvalue weighted by atomic mass is 10.1. The van der Waals surface area contributed by atoms with Crippen molar-refractivity contribution in [1.29, 1.82) is 0 Å². The summed E-state index contributed by atoms with van der Waals surface area (Å²) < 4.78 is 29.9. The average Bonchev–Trinajstić information content (AvgIpc) is 3.12. The third-order valence-corrected chi connectivity index (χ3v) is 5.28. The maximum atomic E-state index is 12.7. The Morgan fingerprint density at radius 1 is 1.22 bits per heavy atom. The second-order valence-corrected chi connectivity index (χ2v) is 7.43. The van der Waals surface area contributed by atoms with Gasteiger partial charge in [-0.2, -0.15) is 8.78 Å². The number of amides is 1. The highest BCUT2D eigenvalue weighted by Crippen LogP contribution is 2.27. The van der Waals surface area contributed by atoms with E-state index in [0.29, 0.717) is 23.2 Å². The van der Waals surface area contributed by atoms with Gasteiger partial charge < -0.3 is 10.1 Å². The van der Waals surface area contributed by atoms with Crippen LogP contribution >= 0.6 is 11.8 Å². The molecule has 1 amide bonds. The molecule has 0 saturated carbocycles. The molecule has 1 aliphatic heterocycles. The van der Waals surface area contributed by atoms with Gasteiger partial charge in [0.25, 0.3) is 5.76 Å². The predicted molar refractivity (Wildman–Crippen MR) is 103 cm³/mol. The Hall–Kier alpha value is -2.12. The van der Waals surface area contributed by atoms with Crippen molar-refractivity contribution in [1.82, 2.24) is 4.90 Å². The molecule has 1 saturated heterocycles. The molecule has 1 atom stereocenters. The maximum absolute atomic E-state index is 12.7. The number of carbonyl (C=O) groups is 1. The van der Waals surface area contributed by atoms with E-state index in [9.17, 15) is 13.6 Å². The van der Waals surface area contributed by atoms with Crippen LogP contribution in [0.3, 0.4) is 0 Å². The average molecular weight is 392 g/mol. The molecule has 1 aliphatic rings. The lowest BCUT2D eigenvalue weighted by Gasteiger charge is -2.24. The summed E-state index contributed by atoms with van der Waals surface area (Å²) in [7, 11) is 1.60. The minimum atomic E-state index is -2.42. The molecule has 27 heavy (non-hydrogen) atoms. The van der Waals surface area contributed by atoms with E-state index in [2.05, 4.69) is 10.2 Å². The van der Waals surface area contributed by atoms with Crippen LogP contribution < -0.4 is 10.1 Å². The van der Waals surface area contributed by atoms with Gasteiger partial charge in [0.15, 0.2) is 0 Å². The number of carbonyl (C=O) groups excluding carboxylic acids is 1. The molecular weight excluding hydrogens is 370 g/mol. The molecule has 1 N–H and O–H groups in total. The molecule has 0 radical (unpaired) electrons. The smallest absolute Gasteiger partial charge is 0.288 e. The van der Waals surface area contributed by atoms with Crippen molar-refractivity contribution in [3.63, 3.8) is 0 Å². The Labute approximate surface area is 161 Å². The van der Waals surface area contributed by atoms with Gasteiger partial charge in [-0.25, -0.2) is 0 Å². The Balaban J connectivity index is 1.59. The van der Waals surface area contributed by atoms with Crippen LogP contribution in [0.2, 0.25) is 0 Å². The topological polar surface area (TPSA) is 41.6 Å². The fourth-order valence-electron chi connectivity index (χ4n) is 3.22. The monoisotopic (exact) mass is 392 g/mol. The standard InChI is InChI=1S/C20H22F2N2O2S/c1-26-16-8-6-15(7-9-16)23-19(25)18-3-2-12-24(18)13-14-4-10-17(11-5-14)27-20(21)22/h4-11,18,20H,2-3,12-13H2,1H3,(H,23,25). The van der Waals surface area contributed by atoms with Gasteiger partial charge in [-0.1, -0.05) is 23.9 Å². The van der Waals surface area contributed by atoms with Gasteiger partial charge in [-0.15, -0.1) is 0 Å². The number of thioether (sulfide) groups is 1. The molecule has 1 heterocycles. The molecule has 144 valence electrons. The summed E-state index contributed by atoms with van der Waals surface area (Å²) in [6.45, 7) is 1.47. The summed E-state index contributed by atoms with van der Waals surface area (Å²) in [6.07, 6.45) is 1.77. The van der Waals surface area contributed by atoms with Gasteiger partial charge in [0.2, 0.25) is 5.91 Å². The molecule has 3 rings (SSSR count). The number of likely N-dealkylation sites (tertiary alicyclic amines) is 1. The van der Waals surface area contributed by atoms with Crippen molar-refractivity contribution in [2.24, 2.45) is 0 Å². The number of benzene rings is 2. The number of rotatable bonds is 7. The minimum Gasteiger partial charge on any atom is -0.497 e. The lowest BCUT2D eigenvalue weighted by molar-refractivity contribution is -0.120. The number of nitrogens with zero attached hydrogens (tertiary/aromatic N) is 1. The van der Waals surface area contributed by atoms with Crippen LogP contribution in [0, 0.1) is 0 Å². The number of hydrogen-bond donors (Lipinski definition) is 1. The first kappa shape index (κ1) is 19.6. The molecule has 2 aromatic carbocycles. The molecular formula is C20H22F2N2O2S. The van der Waals surface area contributed by atoms with Crippen molar-refractivity contribution in [3.05, 3.63) is 54.1 Å². The molecule has 0 aliphatic carbocycles. The molecule has 1 unspecified atom stereocenters. The van der Waals surface area contributed by atoms with Crippen molar-refractivity contribution in [2.75, 3.05) is 19.0 Å². The summed E-state index contributed by atoms with van der Waals surface area (Å²) in [6, 6.07) is 14.2. The zero-order chi connectivity index (χ0) is 19.2. The van der Waals surface area contributed by atoms with Crippen LogP contribution in [0.4, 0.5) is 14.5 Å². The third-order valence-electron chi connectivity index (χ3n) is 4.56. The SMILES string of the molecule is COc1ccc(NC(=O)C2CCCN2Cc2ccc(SC(F)F)cc2)cc1.